The highest BCUT2D eigenvalue weighted by Gasteiger charge is 2.29. The first-order chi connectivity index (χ1) is 16.2. The Morgan fingerprint density at radius 1 is 1.24 bits per heavy atom. The molecule has 3 aromatic rings. The van der Waals surface area contributed by atoms with Crippen LogP contribution in [0, 0.1) is 0 Å². The van der Waals surface area contributed by atoms with Crippen LogP contribution >= 0.6 is 0 Å². The maximum absolute atomic E-state index is 14.3. The van der Waals surface area contributed by atoms with Gasteiger partial charge in [0.15, 0.2) is 0 Å². The molecule has 1 aromatic carbocycles. The van der Waals surface area contributed by atoms with Crippen LogP contribution in [-0.2, 0) is 0 Å². The van der Waals surface area contributed by atoms with E-state index in [1.165, 1.54) is 26.4 Å². The number of carbonyl (C=O) groups excluding carboxylic acids is 1. The van der Waals surface area contributed by atoms with E-state index in [1.54, 1.807) is 12.3 Å². The molecule has 1 aliphatic rings. The van der Waals surface area contributed by atoms with Crippen LogP contribution in [0.3, 0.4) is 0 Å². The Kier molecular flexibility index (Phi) is 6.87. The van der Waals surface area contributed by atoms with Gasteiger partial charge in [-0.1, -0.05) is 0 Å². The summed E-state index contributed by atoms with van der Waals surface area (Å²) in [4.78, 5) is 25.4. The third-order valence-electron chi connectivity index (χ3n) is 5.91. The van der Waals surface area contributed by atoms with Gasteiger partial charge < -0.3 is 21.1 Å². The molecule has 0 spiro atoms. The molecular weight excluding hydrogens is 442 g/mol. The van der Waals surface area contributed by atoms with Crippen LogP contribution in [0.25, 0.3) is 10.9 Å². The van der Waals surface area contributed by atoms with E-state index in [2.05, 4.69) is 30.9 Å². The van der Waals surface area contributed by atoms with Crippen molar-refractivity contribution >= 4 is 34.0 Å². The number of aromatic nitrogens is 3. The van der Waals surface area contributed by atoms with Crippen LogP contribution in [0.15, 0.2) is 43.0 Å². The van der Waals surface area contributed by atoms with Crippen LogP contribution in [0.2, 0.25) is 0 Å². The number of rotatable bonds is 8. The molecule has 1 amide bonds. The highest BCUT2D eigenvalue weighted by Crippen LogP contribution is 2.29. The summed E-state index contributed by atoms with van der Waals surface area (Å²) in [5.74, 6) is -0.117. The van der Waals surface area contributed by atoms with Gasteiger partial charge in [-0.05, 0) is 51.3 Å². The number of hydrogen-bond donors (Lipinski definition) is 4. The number of nitrogens with zero attached hydrogens (tertiary/aromatic N) is 3. The Hall–Kier alpha value is -3.40. The molecule has 1 aliphatic carbocycles. The number of pyridine rings is 1. The van der Waals surface area contributed by atoms with Crippen molar-refractivity contribution in [3.63, 3.8) is 0 Å². The molecule has 1 saturated carbocycles. The van der Waals surface area contributed by atoms with E-state index < -0.39 is 29.9 Å². The van der Waals surface area contributed by atoms with Gasteiger partial charge in [0.2, 0.25) is 0 Å². The molecule has 0 saturated heterocycles. The van der Waals surface area contributed by atoms with Crippen molar-refractivity contribution in [3.8, 4) is 0 Å². The van der Waals surface area contributed by atoms with E-state index in [1.807, 2.05) is 18.2 Å². The highest BCUT2D eigenvalue weighted by molar-refractivity contribution is 6.00. The maximum atomic E-state index is 14.3. The Labute approximate surface area is 196 Å². The van der Waals surface area contributed by atoms with Crippen molar-refractivity contribution in [2.75, 3.05) is 17.2 Å². The van der Waals surface area contributed by atoms with Gasteiger partial charge in [0.25, 0.3) is 5.91 Å². The van der Waals surface area contributed by atoms with Crippen LogP contribution in [-0.4, -0.2) is 56.5 Å². The minimum absolute atomic E-state index is 0.166. The van der Waals surface area contributed by atoms with Crippen LogP contribution in [0.1, 0.15) is 43.5 Å². The van der Waals surface area contributed by atoms with Crippen molar-refractivity contribution in [2.45, 2.75) is 57.1 Å². The second kappa shape index (κ2) is 9.84. The summed E-state index contributed by atoms with van der Waals surface area (Å²) in [5.41, 5.74) is 0.520. The summed E-state index contributed by atoms with van der Waals surface area (Å²) in [6.07, 6.45) is 3.73. The molecule has 0 aliphatic heterocycles. The number of carbonyl (C=O) groups is 1. The molecule has 34 heavy (non-hydrogen) atoms. The summed E-state index contributed by atoms with van der Waals surface area (Å²) in [6, 6.07) is 6.77. The fraction of sp³-hybridized carbons (Fsp3) is 0.417. The second-order valence-electron chi connectivity index (χ2n) is 9.07. The van der Waals surface area contributed by atoms with Gasteiger partial charge in [0.1, 0.15) is 24.5 Å². The normalized spacial score (nSPS) is 19.1. The molecular formula is C24H28F2N6O2. The fourth-order valence-corrected chi connectivity index (χ4v) is 3.84. The number of anilines is 3. The number of aliphatic hydroxyl groups is 1. The molecule has 2 heterocycles. The zero-order valence-electron chi connectivity index (χ0n) is 19.1. The van der Waals surface area contributed by atoms with Crippen LogP contribution in [0.5, 0.6) is 0 Å². The number of alkyl halides is 2. The summed E-state index contributed by atoms with van der Waals surface area (Å²) in [7, 11) is 0. The van der Waals surface area contributed by atoms with E-state index in [9.17, 15) is 18.7 Å². The van der Waals surface area contributed by atoms with Crippen molar-refractivity contribution in [1.82, 2.24) is 20.3 Å². The Morgan fingerprint density at radius 2 is 2.06 bits per heavy atom. The van der Waals surface area contributed by atoms with Gasteiger partial charge >= 0.3 is 0 Å². The van der Waals surface area contributed by atoms with Crippen LogP contribution < -0.4 is 16.0 Å². The molecule has 2 aromatic heterocycles. The van der Waals surface area contributed by atoms with E-state index >= 15 is 0 Å². The van der Waals surface area contributed by atoms with E-state index in [-0.39, 0.29) is 12.1 Å². The zero-order valence-corrected chi connectivity index (χ0v) is 19.1. The van der Waals surface area contributed by atoms with Crippen LogP contribution in [0.4, 0.5) is 26.0 Å². The van der Waals surface area contributed by atoms with Crippen molar-refractivity contribution in [3.05, 3.63) is 48.5 Å². The van der Waals surface area contributed by atoms with Crippen molar-refractivity contribution in [1.29, 1.82) is 0 Å². The molecule has 3 atom stereocenters. The zero-order chi connectivity index (χ0) is 24.3. The molecule has 3 unspecified atom stereocenters. The van der Waals surface area contributed by atoms with E-state index in [4.69, 9.17) is 0 Å². The third-order valence-corrected chi connectivity index (χ3v) is 5.91. The Bertz CT molecular complexity index is 1170. The molecule has 1 fully saturated rings. The molecule has 4 rings (SSSR count). The van der Waals surface area contributed by atoms with Gasteiger partial charge in [-0.3, -0.25) is 4.79 Å². The third kappa shape index (κ3) is 5.56. The molecule has 0 radical (unpaired) electrons. The lowest BCUT2D eigenvalue weighted by Gasteiger charge is -2.23. The summed E-state index contributed by atoms with van der Waals surface area (Å²) in [5, 5.41) is 19.4. The number of amides is 1. The van der Waals surface area contributed by atoms with Gasteiger partial charge in [-0.15, -0.1) is 0 Å². The lowest BCUT2D eigenvalue weighted by molar-refractivity contribution is -0.00177. The number of nitrogens with one attached hydrogen (secondary N) is 3. The predicted octanol–water partition coefficient (Wildman–Crippen LogP) is 3.91. The first kappa shape index (κ1) is 23.7. The topological polar surface area (TPSA) is 112 Å². The quantitative estimate of drug-likeness (QED) is 0.395. The van der Waals surface area contributed by atoms with Gasteiger partial charge in [-0.2, -0.15) is 0 Å². The van der Waals surface area contributed by atoms with E-state index in [0.717, 1.165) is 23.0 Å². The lowest BCUT2D eigenvalue weighted by atomic mass is 10.0. The SMILES string of the molecule is CC(C)(O)C(F)CNC(=O)c1cnc(Nc2ccc3ncncc3c2)cc1NC1CCCC1F. The van der Waals surface area contributed by atoms with E-state index in [0.29, 0.717) is 24.3 Å². The molecule has 10 heteroatoms. The smallest absolute Gasteiger partial charge is 0.255 e. The first-order valence-corrected chi connectivity index (χ1v) is 11.2. The Morgan fingerprint density at radius 3 is 2.79 bits per heavy atom. The number of fused-ring (bicyclic) bond motifs is 1. The number of benzene rings is 1. The number of halogens is 2. The highest BCUT2D eigenvalue weighted by atomic mass is 19.1. The van der Waals surface area contributed by atoms with Gasteiger partial charge in [-0.25, -0.2) is 23.7 Å². The second-order valence-corrected chi connectivity index (χ2v) is 9.07. The lowest BCUT2D eigenvalue weighted by Crippen LogP contribution is -2.42. The minimum Gasteiger partial charge on any atom is -0.387 e. The first-order valence-electron chi connectivity index (χ1n) is 11.2. The summed E-state index contributed by atoms with van der Waals surface area (Å²) in [6.45, 7) is 2.30. The monoisotopic (exact) mass is 470 g/mol. The minimum atomic E-state index is -1.65. The fourth-order valence-electron chi connectivity index (χ4n) is 3.84. The van der Waals surface area contributed by atoms with Gasteiger partial charge in [0.05, 0.1) is 35.0 Å². The molecule has 180 valence electrons. The summed E-state index contributed by atoms with van der Waals surface area (Å²) >= 11 is 0. The predicted molar refractivity (Wildman–Crippen MR) is 127 cm³/mol. The molecule has 0 bridgehead atoms. The molecule has 4 N–H and O–H groups in total. The Balaban J connectivity index is 1.57. The standard InChI is InChI=1S/C24H28F2N6O2/c1-24(2,34)21(26)12-29-23(33)16-11-28-22(9-20(16)32-19-5-3-4-17(19)25)31-15-6-7-18-14(8-15)10-27-13-30-18/h6-11,13,17,19,21,34H,3-5,12H2,1-2H3,(H,29,33)(H2,28,31,32). The molecule has 8 nitrogen and oxygen atoms in total. The average Bonchev–Trinajstić information content (AvgIpc) is 3.21. The van der Waals surface area contributed by atoms with Gasteiger partial charge in [0, 0.05) is 29.5 Å². The largest absolute Gasteiger partial charge is 0.387 e. The number of hydrogen-bond acceptors (Lipinski definition) is 7. The average molecular weight is 471 g/mol. The van der Waals surface area contributed by atoms with Crippen molar-refractivity contribution < 1.29 is 18.7 Å². The van der Waals surface area contributed by atoms with Crippen molar-refractivity contribution in [2.24, 2.45) is 0 Å². The summed E-state index contributed by atoms with van der Waals surface area (Å²) < 4.78 is 28.4. The maximum Gasteiger partial charge on any atom is 0.255 e.